The first-order valence-corrected chi connectivity index (χ1v) is 10.8. The van der Waals surface area contributed by atoms with E-state index in [9.17, 15) is 4.79 Å². The predicted molar refractivity (Wildman–Crippen MR) is 121 cm³/mol. The molecule has 1 amide bonds. The Bertz CT molecular complexity index is 931. The first-order valence-electron chi connectivity index (χ1n) is 10.8. The average Bonchev–Trinajstić information content (AvgIpc) is 2.78. The number of nitrogens with zero attached hydrogens (tertiary/aromatic N) is 1. The average molecular weight is 423 g/mol. The van der Waals surface area contributed by atoms with Crippen LogP contribution in [0.5, 0.6) is 17.2 Å². The maximum atomic E-state index is 12.4. The van der Waals surface area contributed by atoms with Gasteiger partial charge in [0.1, 0.15) is 13.2 Å². The summed E-state index contributed by atoms with van der Waals surface area (Å²) in [5.41, 5.74) is 3.48. The zero-order valence-corrected chi connectivity index (χ0v) is 18.2. The molecule has 0 radical (unpaired) electrons. The number of hydrogen-bond acceptors (Lipinski definition) is 5. The van der Waals surface area contributed by atoms with Crippen LogP contribution in [0.4, 0.5) is 0 Å². The number of rotatable bonds is 6. The highest BCUT2D eigenvalue weighted by Crippen LogP contribution is 2.40. The Kier molecular flexibility index (Phi) is 6.77. The minimum atomic E-state index is -0.0778. The van der Waals surface area contributed by atoms with E-state index < -0.39 is 0 Å². The molecule has 1 saturated heterocycles. The number of methoxy groups -OCH3 is 1. The summed E-state index contributed by atoms with van der Waals surface area (Å²) in [6.45, 7) is 6.08. The van der Waals surface area contributed by atoms with Crippen LogP contribution in [0.3, 0.4) is 0 Å². The molecule has 0 atom stereocenters. The molecule has 0 spiro atoms. The molecule has 2 aromatic rings. The Morgan fingerprint density at radius 1 is 1.19 bits per heavy atom. The van der Waals surface area contributed by atoms with E-state index in [0.717, 1.165) is 38.0 Å². The second-order valence-corrected chi connectivity index (χ2v) is 8.13. The van der Waals surface area contributed by atoms with Gasteiger partial charge in [-0.15, -0.1) is 0 Å². The van der Waals surface area contributed by atoms with Gasteiger partial charge in [-0.25, -0.2) is 0 Å². The third kappa shape index (κ3) is 5.58. The molecule has 0 aliphatic carbocycles. The van der Waals surface area contributed by atoms with Gasteiger partial charge < -0.3 is 19.5 Å². The van der Waals surface area contributed by atoms with E-state index in [0.29, 0.717) is 30.5 Å². The number of ether oxygens (including phenoxy) is 3. The van der Waals surface area contributed by atoms with Gasteiger partial charge in [0.15, 0.2) is 11.5 Å². The maximum Gasteiger partial charge on any atom is 0.244 e. The highest BCUT2D eigenvalue weighted by atomic mass is 16.6. The summed E-state index contributed by atoms with van der Waals surface area (Å²) in [6.07, 6.45) is 5.28. The Labute approximate surface area is 183 Å². The van der Waals surface area contributed by atoms with Gasteiger partial charge in [-0.2, -0.15) is 0 Å². The van der Waals surface area contributed by atoms with Crippen molar-refractivity contribution >= 4 is 12.0 Å². The quantitative estimate of drug-likeness (QED) is 0.722. The van der Waals surface area contributed by atoms with E-state index in [-0.39, 0.29) is 11.9 Å². The van der Waals surface area contributed by atoms with Crippen LogP contribution < -0.4 is 19.5 Å². The number of carbonyl (C=O) groups excluding carboxylic acids is 1. The summed E-state index contributed by atoms with van der Waals surface area (Å²) in [5.74, 6) is 1.80. The molecule has 2 aromatic carbocycles. The van der Waals surface area contributed by atoms with Crippen LogP contribution in [-0.4, -0.2) is 50.3 Å². The summed E-state index contributed by atoms with van der Waals surface area (Å²) in [7, 11) is 1.60. The topological polar surface area (TPSA) is 60.0 Å². The van der Waals surface area contributed by atoms with Gasteiger partial charge in [0.25, 0.3) is 0 Å². The smallest absolute Gasteiger partial charge is 0.244 e. The molecule has 0 unspecified atom stereocenters. The number of aryl methyl sites for hydroxylation is 1. The Morgan fingerprint density at radius 3 is 2.77 bits per heavy atom. The molecule has 2 heterocycles. The predicted octanol–water partition coefficient (Wildman–Crippen LogP) is 3.57. The largest absolute Gasteiger partial charge is 0.493 e. The fourth-order valence-electron chi connectivity index (χ4n) is 4.11. The lowest BCUT2D eigenvalue weighted by Crippen LogP contribution is -2.43. The summed E-state index contributed by atoms with van der Waals surface area (Å²) in [6, 6.07) is 12.6. The fourth-order valence-corrected chi connectivity index (χ4v) is 4.11. The van der Waals surface area contributed by atoms with E-state index in [4.69, 9.17) is 14.2 Å². The number of benzene rings is 2. The summed E-state index contributed by atoms with van der Waals surface area (Å²) in [4.78, 5) is 14.9. The van der Waals surface area contributed by atoms with E-state index in [1.54, 1.807) is 19.3 Å². The monoisotopic (exact) mass is 422 g/mol. The lowest BCUT2D eigenvalue weighted by Gasteiger charge is -2.32. The van der Waals surface area contributed by atoms with Crippen molar-refractivity contribution in [3.05, 3.63) is 59.2 Å². The normalized spacial score (nSPS) is 17.0. The van der Waals surface area contributed by atoms with Crippen molar-refractivity contribution in [2.75, 3.05) is 33.4 Å². The molecule has 2 aliphatic heterocycles. The molecule has 2 aliphatic rings. The Hall–Kier alpha value is -2.99. The number of amides is 1. The number of fused-ring (bicyclic) bond motifs is 1. The van der Waals surface area contributed by atoms with E-state index in [1.165, 1.54) is 11.1 Å². The second-order valence-electron chi connectivity index (χ2n) is 8.13. The van der Waals surface area contributed by atoms with Crippen LogP contribution in [0.2, 0.25) is 0 Å². The van der Waals surface area contributed by atoms with Crippen LogP contribution in [0.1, 0.15) is 29.5 Å². The van der Waals surface area contributed by atoms with Crippen LogP contribution in [0.15, 0.2) is 42.5 Å². The number of nitrogens with one attached hydrogen (secondary N) is 1. The van der Waals surface area contributed by atoms with Crippen molar-refractivity contribution < 1.29 is 19.0 Å². The first-order chi connectivity index (χ1) is 15.1. The molecule has 31 heavy (non-hydrogen) atoms. The van der Waals surface area contributed by atoms with Crippen molar-refractivity contribution in [2.24, 2.45) is 0 Å². The van der Waals surface area contributed by atoms with Gasteiger partial charge in [0.2, 0.25) is 11.7 Å². The van der Waals surface area contributed by atoms with Crippen molar-refractivity contribution in [1.82, 2.24) is 10.2 Å². The van der Waals surface area contributed by atoms with Gasteiger partial charge >= 0.3 is 0 Å². The van der Waals surface area contributed by atoms with Crippen LogP contribution in [0, 0.1) is 6.92 Å². The lowest BCUT2D eigenvalue weighted by atomic mass is 10.0. The molecule has 1 N–H and O–H groups in total. The fraction of sp³-hybridized carbons (Fsp3) is 0.400. The summed E-state index contributed by atoms with van der Waals surface area (Å²) < 4.78 is 16.7. The van der Waals surface area contributed by atoms with Gasteiger partial charge in [-0.1, -0.05) is 29.8 Å². The molecule has 164 valence electrons. The summed E-state index contributed by atoms with van der Waals surface area (Å²) >= 11 is 0. The molecule has 0 aromatic heterocycles. The van der Waals surface area contributed by atoms with E-state index in [1.807, 2.05) is 12.1 Å². The molecule has 0 saturated carbocycles. The van der Waals surface area contributed by atoms with Crippen molar-refractivity contribution in [2.45, 2.75) is 32.4 Å². The SMILES string of the molecule is COc1cc(/C=C/C(=O)NC2CCN(Cc3cccc(C)c3)CC2)cc2c1OCCO2. The molecule has 4 rings (SSSR count). The highest BCUT2D eigenvalue weighted by Gasteiger charge is 2.21. The van der Waals surface area contributed by atoms with Gasteiger partial charge in [0, 0.05) is 31.8 Å². The Balaban J connectivity index is 1.28. The highest BCUT2D eigenvalue weighted by molar-refractivity contribution is 5.92. The summed E-state index contributed by atoms with van der Waals surface area (Å²) in [5, 5.41) is 3.13. The number of piperidine rings is 1. The van der Waals surface area contributed by atoms with Crippen LogP contribution in [-0.2, 0) is 11.3 Å². The standard InChI is InChI=1S/C25H30N2O4/c1-18-4-3-5-20(14-18)17-27-10-8-21(9-11-27)26-24(28)7-6-19-15-22(29-2)25-23(16-19)30-12-13-31-25/h3-7,14-16,21H,8-13,17H2,1-2H3,(H,26,28)/b7-6+. The van der Waals surface area contributed by atoms with E-state index in [2.05, 4.69) is 41.4 Å². The maximum absolute atomic E-state index is 12.4. The first kappa shape index (κ1) is 21.2. The lowest BCUT2D eigenvalue weighted by molar-refractivity contribution is -0.117. The zero-order valence-electron chi connectivity index (χ0n) is 18.2. The van der Waals surface area contributed by atoms with Crippen LogP contribution >= 0.6 is 0 Å². The number of hydrogen-bond donors (Lipinski definition) is 1. The zero-order chi connectivity index (χ0) is 21.6. The Morgan fingerprint density at radius 2 is 2.00 bits per heavy atom. The molecular formula is C25H30N2O4. The molecule has 6 nitrogen and oxygen atoms in total. The van der Waals surface area contributed by atoms with Gasteiger partial charge in [-0.05, 0) is 49.1 Å². The minimum absolute atomic E-state index is 0.0778. The van der Waals surface area contributed by atoms with E-state index >= 15 is 0 Å². The third-order valence-corrected chi connectivity index (χ3v) is 5.70. The van der Waals surface area contributed by atoms with Crippen molar-refractivity contribution in [3.8, 4) is 17.2 Å². The molecule has 6 heteroatoms. The van der Waals surface area contributed by atoms with Crippen molar-refractivity contribution in [1.29, 1.82) is 0 Å². The van der Waals surface area contributed by atoms with Crippen LogP contribution in [0.25, 0.3) is 6.08 Å². The minimum Gasteiger partial charge on any atom is -0.493 e. The number of likely N-dealkylation sites (tertiary alicyclic amines) is 1. The third-order valence-electron chi connectivity index (χ3n) is 5.70. The van der Waals surface area contributed by atoms with Gasteiger partial charge in [0.05, 0.1) is 7.11 Å². The second kappa shape index (κ2) is 9.88. The van der Waals surface area contributed by atoms with Crippen molar-refractivity contribution in [3.63, 3.8) is 0 Å². The number of carbonyl (C=O) groups is 1. The molecule has 0 bridgehead atoms. The molecular weight excluding hydrogens is 392 g/mol. The molecule has 1 fully saturated rings. The van der Waals surface area contributed by atoms with Gasteiger partial charge in [-0.3, -0.25) is 9.69 Å².